The summed E-state index contributed by atoms with van der Waals surface area (Å²) in [5, 5.41) is 26.8. The highest BCUT2D eigenvalue weighted by Crippen LogP contribution is 2.34. The molecule has 0 aliphatic rings. The van der Waals surface area contributed by atoms with E-state index in [1.165, 1.54) is 24.3 Å². The summed E-state index contributed by atoms with van der Waals surface area (Å²) in [7, 11) is 0. The molecule has 0 atom stereocenters. The van der Waals surface area contributed by atoms with Crippen molar-refractivity contribution >= 4 is 45.7 Å². The first-order valence-corrected chi connectivity index (χ1v) is 10.6. The number of phenols is 1. The number of carbonyl (C=O) groups excluding carboxylic acids is 1. The minimum Gasteiger partial charge on any atom is -0.507 e. The Labute approximate surface area is 199 Å². The first kappa shape index (κ1) is 22.9. The fraction of sp³-hybridized carbons (Fsp3) is 0.125. The molecular formula is C24H20N4O5S. The van der Waals surface area contributed by atoms with Crippen molar-refractivity contribution in [1.29, 1.82) is 0 Å². The Morgan fingerprint density at radius 1 is 1.09 bits per heavy atom. The van der Waals surface area contributed by atoms with Gasteiger partial charge in [-0.2, -0.15) is 0 Å². The zero-order valence-corrected chi connectivity index (χ0v) is 19.3. The van der Waals surface area contributed by atoms with E-state index in [9.17, 15) is 20.0 Å². The second kappa shape index (κ2) is 8.91. The quantitative estimate of drug-likeness (QED) is 0.159. The van der Waals surface area contributed by atoms with Gasteiger partial charge in [0.15, 0.2) is 10.7 Å². The van der Waals surface area contributed by atoms with Gasteiger partial charge in [0.2, 0.25) is 5.89 Å². The zero-order valence-electron chi connectivity index (χ0n) is 18.5. The number of nitrogens with one attached hydrogen (secondary N) is 2. The number of hydrogen-bond donors (Lipinski definition) is 3. The van der Waals surface area contributed by atoms with E-state index >= 15 is 0 Å². The van der Waals surface area contributed by atoms with Crippen LogP contribution in [0, 0.1) is 30.9 Å². The number of amides is 1. The van der Waals surface area contributed by atoms with Gasteiger partial charge in [-0.25, -0.2) is 4.98 Å². The van der Waals surface area contributed by atoms with Crippen molar-refractivity contribution in [2.75, 3.05) is 5.32 Å². The minimum atomic E-state index is -0.593. The minimum absolute atomic E-state index is 0.0195. The van der Waals surface area contributed by atoms with E-state index in [0.29, 0.717) is 27.9 Å². The molecule has 1 heterocycles. The number of aromatic nitrogens is 1. The second-order valence-corrected chi connectivity index (χ2v) is 8.26. The third-order valence-corrected chi connectivity index (χ3v) is 5.40. The third-order valence-electron chi connectivity index (χ3n) is 5.20. The highest BCUT2D eigenvalue weighted by Gasteiger charge is 2.17. The average Bonchev–Trinajstić information content (AvgIpc) is 3.19. The van der Waals surface area contributed by atoms with Gasteiger partial charge in [-0.1, -0.05) is 12.1 Å². The number of nitrogens with zero attached hydrogens (tertiary/aromatic N) is 2. The smallest absolute Gasteiger partial charge is 0.273 e. The zero-order chi connectivity index (χ0) is 24.6. The molecule has 1 aromatic heterocycles. The molecule has 10 heteroatoms. The number of aryl methyl sites for hydroxylation is 3. The number of hydrogen-bond acceptors (Lipinski definition) is 7. The first-order valence-electron chi connectivity index (χ1n) is 10.2. The molecule has 9 nitrogen and oxygen atoms in total. The summed E-state index contributed by atoms with van der Waals surface area (Å²) in [4.78, 5) is 27.6. The molecule has 172 valence electrons. The first-order chi connectivity index (χ1) is 16.1. The van der Waals surface area contributed by atoms with Crippen LogP contribution in [0.15, 0.2) is 52.9 Å². The van der Waals surface area contributed by atoms with Crippen molar-refractivity contribution in [2.24, 2.45) is 0 Å². The summed E-state index contributed by atoms with van der Waals surface area (Å²) < 4.78 is 5.89. The Bertz CT molecular complexity index is 1480. The van der Waals surface area contributed by atoms with Crippen LogP contribution in [0.4, 0.5) is 11.4 Å². The van der Waals surface area contributed by atoms with Crippen molar-refractivity contribution in [3.8, 4) is 17.2 Å². The van der Waals surface area contributed by atoms with Crippen LogP contribution in [0.2, 0.25) is 0 Å². The number of rotatable bonds is 4. The summed E-state index contributed by atoms with van der Waals surface area (Å²) in [6, 6.07) is 12.7. The van der Waals surface area contributed by atoms with Crippen LogP contribution in [0.3, 0.4) is 0 Å². The normalized spacial score (nSPS) is 10.8. The predicted octanol–water partition coefficient (Wildman–Crippen LogP) is 5.16. The number of anilines is 1. The molecule has 0 saturated carbocycles. The van der Waals surface area contributed by atoms with Gasteiger partial charge in [-0.15, -0.1) is 0 Å². The van der Waals surface area contributed by atoms with Gasteiger partial charge in [0, 0.05) is 22.9 Å². The number of nitro groups is 1. The lowest BCUT2D eigenvalue weighted by Crippen LogP contribution is -2.34. The Morgan fingerprint density at radius 2 is 1.85 bits per heavy atom. The molecule has 3 N–H and O–H groups in total. The lowest BCUT2D eigenvalue weighted by Gasteiger charge is -2.11. The van der Waals surface area contributed by atoms with E-state index < -0.39 is 10.8 Å². The highest BCUT2D eigenvalue weighted by atomic mass is 32.1. The number of thiocarbonyl (C=S) groups is 1. The van der Waals surface area contributed by atoms with Gasteiger partial charge >= 0.3 is 0 Å². The highest BCUT2D eigenvalue weighted by molar-refractivity contribution is 7.80. The molecule has 0 spiro atoms. The molecule has 4 aromatic rings. The topological polar surface area (TPSA) is 131 Å². The van der Waals surface area contributed by atoms with Crippen molar-refractivity contribution in [2.45, 2.75) is 20.8 Å². The fourth-order valence-corrected chi connectivity index (χ4v) is 3.77. The van der Waals surface area contributed by atoms with E-state index in [0.717, 1.165) is 11.1 Å². The predicted molar refractivity (Wildman–Crippen MR) is 132 cm³/mol. The summed E-state index contributed by atoms with van der Waals surface area (Å²) in [5.74, 6) is -0.385. The van der Waals surface area contributed by atoms with E-state index in [1.807, 2.05) is 26.0 Å². The number of nitro benzene ring substituents is 1. The Morgan fingerprint density at radius 3 is 2.59 bits per heavy atom. The number of carbonyl (C=O) groups is 1. The van der Waals surface area contributed by atoms with Gasteiger partial charge < -0.3 is 14.8 Å². The van der Waals surface area contributed by atoms with Crippen LogP contribution in [0.25, 0.3) is 22.6 Å². The van der Waals surface area contributed by atoms with Gasteiger partial charge in [0.25, 0.3) is 11.6 Å². The van der Waals surface area contributed by atoms with E-state index in [4.69, 9.17) is 16.6 Å². The molecule has 34 heavy (non-hydrogen) atoms. The van der Waals surface area contributed by atoms with E-state index in [2.05, 4.69) is 15.6 Å². The second-order valence-electron chi connectivity index (χ2n) is 7.85. The Hall–Kier alpha value is -4.31. The maximum atomic E-state index is 12.5. The Balaban J connectivity index is 1.54. The molecule has 0 saturated heterocycles. The van der Waals surface area contributed by atoms with Crippen molar-refractivity contribution in [3.63, 3.8) is 0 Å². The molecule has 0 bridgehead atoms. The number of phenolic OH excluding ortho intramolecular Hbond substituents is 1. The van der Waals surface area contributed by atoms with Gasteiger partial charge in [0.1, 0.15) is 11.3 Å². The van der Waals surface area contributed by atoms with Crippen molar-refractivity contribution in [3.05, 3.63) is 80.9 Å². The summed E-state index contributed by atoms with van der Waals surface area (Å²) in [5.41, 5.74) is 4.51. The lowest BCUT2D eigenvalue weighted by molar-refractivity contribution is -0.385. The van der Waals surface area contributed by atoms with Gasteiger partial charge in [0.05, 0.1) is 10.5 Å². The van der Waals surface area contributed by atoms with Crippen LogP contribution in [0.1, 0.15) is 27.0 Å². The monoisotopic (exact) mass is 476 g/mol. The third kappa shape index (κ3) is 4.57. The average molecular weight is 477 g/mol. The van der Waals surface area contributed by atoms with Gasteiger partial charge in [-0.05, 0) is 74.4 Å². The SMILES string of the molecule is Cc1cc(C)c2oc(-c3cc(NC(=S)NC(=O)c4ccc(C)c([N+](=O)[O-])c4)ccc3O)nc2c1. The summed E-state index contributed by atoms with van der Waals surface area (Å²) in [6.07, 6.45) is 0. The van der Waals surface area contributed by atoms with Crippen molar-refractivity contribution in [1.82, 2.24) is 10.3 Å². The van der Waals surface area contributed by atoms with E-state index in [1.54, 1.807) is 19.1 Å². The lowest BCUT2D eigenvalue weighted by atomic mass is 10.1. The molecule has 0 aliphatic carbocycles. The largest absolute Gasteiger partial charge is 0.507 e. The number of benzene rings is 3. The van der Waals surface area contributed by atoms with Crippen LogP contribution >= 0.6 is 12.2 Å². The van der Waals surface area contributed by atoms with Crippen LogP contribution < -0.4 is 10.6 Å². The Kier molecular flexibility index (Phi) is 5.99. The molecule has 0 aliphatic heterocycles. The molecular weight excluding hydrogens is 456 g/mol. The van der Waals surface area contributed by atoms with Crippen LogP contribution in [0.5, 0.6) is 5.75 Å². The van der Waals surface area contributed by atoms with Crippen molar-refractivity contribution < 1.29 is 19.2 Å². The maximum Gasteiger partial charge on any atom is 0.273 e. The maximum absolute atomic E-state index is 12.5. The number of fused-ring (bicyclic) bond motifs is 1. The molecule has 1 amide bonds. The number of oxazole rings is 1. The van der Waals surface area contributed by atoms with Crippen LogP contribution in [-0.4, -0.2) is 26.0 Å². The number of aromatic hydroxyl groups is 1. The molecule has 0 unspecified atom stereocenters. The molecule has 0 fully saturated rings. The van der Waals surface area contributed by atoms with Crippen LogP contribution in [-0.2, 0) is 0 Å². The molecule has 4 rings (SSSR count). The summed E-state index contributed by atoms with van der Waals surface area (Å²) >= 11 is 5.22. The van der Waals surface area contributed by atoms with E-state index in [-0.39, 0.29) is 28.0 Å². The standard InChI is InChI=1S/C24H20N4O5S/c1-12-8-14(3)21-18(9-12)26-23(33-21)17-11-16(6-7-20(17)29)25-24(34)27-22(30)15-5-4-13(2)19(10-15)28(31)32/h4-11,29H,1-3H3,(H2,25,27,30,34). The molecule has 3 aromatic carbocycles. The summed E-state index contributed by atoms with van der Waals surface area (Å²) in [6.45, 7) is 5.48. The fourth-order valence-electron chi connectivity index (χ4n) is 3.56. The molecule has 0 radical (unpaired) electrons. The van der Waals surface area contributed by atoms with Gasteiger partial charge in [-0.3, -0.25) is 20.2 Å².